The SMILES string of the molecule is CC1(C)CCCNC1CN1CC=CCC1. The van der Waals surface area contributed by atoms with Crippen LogP contribution in [0.15, 0.2) is 12.2 Å². The Bertz CT molecular complexity index is 233. The van der Waals surface area contributed by atoms with Crippen molar-refractivity contribution in [3.05, 3.63) is 12.2 Å². The summed E-state index contributed by atoms with van der Waals surface area (Å²) in [5, 5.41) is 3.69. The van der Waals surface area contributed by atoms with Crippen LogP contribution in [0.25, 0.3) is 0 Å². The van der Waals surface area contributed by atoms with Crippen LogP contribution < -0.4 is 5.32 Å². The molecule has 2 aliphatic heterocycles. The van der Waals surface area contributed by atoms with E-state index in [0.29, 0.717) is 11.5 Å². The number of rotatable bonds is 2. The van der Waals surface area contributed by atoms with Crippen molar-refractivity contribution in [2.45, 2.75) is 39.2 Å². The van der Waals surface area contributed by atoms with E-state index in [1.54, 1.807) is 0 Å². The Balaban J connectivity index is 1.89. The first-order valence-corrected chi connectivity index (χ1v) is 6.29. The Morgan fingerprint density at radius 1 is 1.40 bits per heavy atom. The molecular weight excluding hydrogens is 184 g/mol. The monoisotopic (exact) mass is 208 g/mol. The molecule has 2 aliphatic rings. The molecule has 0 aliphatic carbocycles. The smallest absolute Gasteiger partial charge is 0.0246 e. The molecule has 2 nitrogen and oxygen atoms in total. The molecule has 2 heterocycles. The molecule has 0 bridgehead atoms. The van der Waals surface area contributed by atoms with Crippen LogP contribution in [0, 0.1) is 5.41 Å². The number of nitrogens with zero attached hydrogens (tertiary/aromatic N) is 1. The van der Waals surface area contributed by atoms with Gasteiger partial charge in [0.2, 0.25) is 0 Å². The number of hydrogen-bond acceptors (Lipinski definition) is 2. The van der Waals surface area contributed by atoms with Gasteiger partial charge >= 0.3 is 0 Å². The molecule has 1 unspecified atom stereocenters. The Labute approximate surface area is 93.7 Å². The molecule has 86 valence electrons. The first-order valence-electron chi connectivity index (χ1n) is 6.29. The van der Waals surface area contributed by atoms with Crippen LogP contribution in [0.2, 0.25) is 0 Å². The lowest BCUT2D eigenvalue weighted by molar-refractivity contribution is 0.131. The highest BCUT2D eigenvalue weighted by Gasteiger charge is 2.32. The van der Waals surface area contributed by atoms with Gasteiger partial charge in [0.05, 0.1) is 0 Å². The topological polar surface area (TPSA) is 15.3 Å². The zero-order valence-corrected chi connectivity index (χ0v) is 10.1. The average molecular weight is 208 g/mol. The number of nitrogens with one attached hydrogen (secondary N) is 1. The maximum Gasteiger partial charge on any atom is 0.0246 e. The molecule has 1 N–H and O–H groups in total. The van der Waals surface area contributed by atoms with Gasteiger partial charge in [-0.2, -0.15) is 0 Å². The molecule has 0 aromatic rings. The highest BCUT2D eigenvalue weighted by atomic mass is 15.2. The third-order valence-corrected chi connectivity index (χ3v) is 3.91. The lowest BCUT2D eigenvalue weighted by Gasteiger charge is -2.42. The summed E-state index contributed by atoms with van der Waals surface area (Å²) in [4.78, 5) is 2.57. The minimum atomic E-state index is 0.472. The molecule has 0 saturated carbocycles. The molecule has 0 aromatic carbocycles. The summed E-state index contributed by atoms with van der Waals surface area (Å²) in [5.41, 5.74) is 0.472. The van der Waals surface area contributed by atoms with Gasteiger partial charge < -0.3 is 5.32 Å². The highest BCUT2D eigenvalue weighted by Crippen LogP contribution is 2.30. The van der Waals surface area contributed by atoms with Crippen LogP contribution in [0.5, 0.6) is 0 Å². The van der Waals surface area contributed by atoms with Gasteiger partial charge in [-0.05, 0) is 31.2 Å². The van der Waals surface area contributed by atoms with Gasteiger partial charge in [-0.3, -0.25) is 4.90 Å². The van der Waals surface area contributed by atoms with Gasteiger partial charge in [0.25, 0.3) is 0 Å². The number of piperidine rings is 1. The van der Waals surface area contributed by atoms with Gasteiger partial charge in [-0.15, -0.1) is 0 Å². The molecule has 1 saturated heterocycles. The Hall–Kier alpha value is -0.340. The zero-order valence-electron chi connectivity index (χ0n) is 10.1. The van der Waals surface area contributed by atoms with Crippen molar-refractivity contribution < 1.29 is 0 Å². The van der Waals surface area contributed by atoms with Crippen LogP contribution >= 0.6 is 0 Å². The van der Waals surface area contributed by atoms with Gasteiger partial charge in [0, 0.05) is 25.7 Å². The fraction of sp³-hybridized carbons (Fsp3) is 0.846. The summed E-state index contributed by atoms with van der Waals surface area (Å²) in [6.07, 6.45) is 8.54. The molecule has 1 atom stereocenters. The molecule has 2 rings (SSSR count). The van der Waals surface area contributed by atoms with E-state index in [9.17, 15) is 0 Å². The largest absolute Gasteiger partial charge is 0.312 e. The van der Waals surface area contributed by atoms with E-state index in [1.807, 2.05) is 0 Å². The molecule has 2 heteroatoms. The van der Waals surface area contributed by atoms with Crippen LogP contribution in [0.3, 0.4) is 0 Å². The molecule has 1 fully saturated rings. The van der Waals surface area contributed by atoms with E-state index in [2.05, 4.69) is 36.2 Å². The van der Waals surface area contributed by atoms with E-state index >= 15 is 0 Å². The van der Waals surface area contributed by atoms with Gasteiger partial charge in [0.1, 0.15) is 0 Å². The lowest BCUT2D eigenvalue weighted by Crippen LogP contribution is -2.53. The predicted molar refractivity (Wildman–Crippen MR) is 65.0 cm³/mol. The Kier molecular flexibility index (Phi) is 3.47. The minimum Gasteiger partial charge on any atom is -0.312 e. The fourth-order valence-corrected chi connectivity index (χ4v) is 2.70. The standard InChI is InChI=1S/C13H24N2/c1-13(2)7-6-8-14-12(13)11-15-9-4-3-5-10-15/h3-4,12,14H,5-11H2,1-2H3. The molecule has 0 aromatic heterocycles. The quantitative estimate of drug-likeness (QED) is 0.699. The third kappa shape index (κ3) is 2.82. The predicted octanol–water partition coefficient (Wildman–Crippen LogP) is 2.03. The van der Waals surface area contributed by atoms with E-state index in [0.717, 1.165) is 6.54 Å². The summed E-state index contributed by atoms with van der Waals surface area (Å²) in [6, 6.07) is 0.678. The first-order chi connectivity index (χ1) is 7.18. The molecule has 0 radical (unpaired) electrons. The van der Waals surface area contributed by atoms with Gasteiger partial charge in [-0.1, -0.05) is 26.0 Å². The summed E-state index contributed by atoms with van der Waals surface area (Å²) < 4.78 is 0. The van der Waals surface area contributed by atoms with Crippen LogP contribution in [-0.2, 0) is 0 Å². The second kappa shape index (κ2) is 4.67. The summed E-state index contributed by atoms with van der Waals surface area (Å²) in [7, 11) is 0. The summed E-state index contributed by atoms with van der Waals surface area (Å²) in [5.74, 6) is 0. The van der Waals surface area contributed by atoms with E-state index in [1.165, 1.54) is 38.9 Å². The van der Waals surface area contributed by atoms with Crippen LogP contribution in [0.1, 0.15) is 33.1 Å². The molecule has 0 spiro atoms. The summed E-state index contributed by atoms with van der Waals surface area (Å²) in [6.45, 7) is 9.63. The maximum atomic E-state index is 3.69. The molecule has 15 heavy (non-hydrogen) atoms. The van der Waals surface area contributed by atoms with Crippen molar-refractivity contribution in [1.82, 2.24) is 10.2 Å². The van der Waals surface area contributed by atoms with E-state index < -0.39 is 0 Å². The van der Waals surface area contributed by atoms with Gasteiger partial charge in [0.15, 0.2) is 0 Å². The lowest BCUT2D eigenvalue weighted by atomic mass is 9.77. The summed E-state index contributed by atoms with van der Waals surface area (Å²) >= 11 is 0. The normalized spacial score (nSPS) is 31.7. The Morgan fingerprint density at radius 2 is 2.27 bits per heavy atom. The van der Waals surface area contributed by atoms with Crippen molar-refractivity contribution in [2.24, 2.45) is 5.41 Å². The highest BCUT2D eigenvalue weighted by molar-refractivity contribution is 4.95. The molecular formula is C13H24N2. The third-order valence-electron chi connectivity index (χ3n) is 3.91. The number of hydrogen-bond donors (Lipinski definition) is 1. The van der Waals surface area contributed by atoms with Crippen molar-refractivity contribution in [1.29, 1.82) is 0 Å². The van der Waals surface area contributed by atoms with Crippen molar-refractivity contribution >= 4 is 0 Å². The van der Waals surface area contributed by atoms with E-state index in [-0.39, 0.29) is 0 Å². The maximum absolute atomic E-state index is 3.69. The first kappa shape index (κ1) is 11.2. The van der Waals surface area contributed by atoms with E-state index in [4.69, 9.17) is 0 Å². The van der Waals surface area contributed by atoms with Gasteiger partial charge in [-0.25, -0.2) is 0 Å². The second-order valence-corrected chi connectivity index (χ2v) is 5.62. The van der Waals surface area contributed by atoms with Crippen molar-refractivity contribution in [3.63, 3.8) is 0 Å². The van der Waals surface area contributed by atoms with Crippen LogP contribution in [0.4, 0.5) is 0 Å². The average Bonchev–Trinajstić information content (AvgIpc) is 2.23. The minimum absolute atomic E-state index is 0.472. The Morgan fingerprint density at radius 3 is 2.93 bits per heavy atom. The zero-order chi connectivity index (χ0) is 10.7. The van der Waals surface area contributed by atoms with Crippen LogP contribution in [-0.4, -0.2) is 37.1 Å². The fourth-order valence-electron chi connectivity index (χ4n) is 2.70. The van der Waals surface area contributed by atoms with Crippen molar-refractivity contribution in [2.75, 3.05) is 26.2 Å². The van der Waals surface area contributed by atoms with Crippen molar-refractivity contribution in [3.8, 4) is 0 Å². The second-order valence-electron chi connectivity index (χ2n) is 5.62. The molecule has 0 amide bonds.